The molecular formula is C11H13N3O4S. The van der Waals surface area contributed by atoms with Crippen molar-refractivity contribution in [2.24, 2.45) is 0 Å². The molecule has 1 aromatic carbocycles. The summed E-state index contributed by atoms with van der Waals surface area (Å²) in [5.41, 5.74) is -0.366. The van der Waals surface area contributed by atoms with E-state index >= 15 is 0 Å². The molecular weight excluding hydrogens is 270 g/mol. The van der Waals surface area contributed by atoms with E-state index in [0.29, 0.717) is 13.1 Å². The highest BCUT2D eigenvalue weighted by Crippen LogP contribution is 2.30. The Morgan fingerprint density at radius 2 is 1.84 bits per heavy atom. The summed E-state index contributed by atoms with van der Waals surface area (Å²) in [6.07, 6.45) is 0.975. The van der Waals surface area contributed by atoms with Crippen LogP contribution in [0.5, 0.6) is 0 Å². The molecule has 3 saturated heterocycles. The zero-order valence-electron chi connectivity index (χ0n) is 10.0. The monoisotopic (exact) mass is 283 g/mol. The van der Waals surface area contributed by atoms with Crippen LogP contribution in [-0.2, 0) is 10.0 Å². The number of nitrogens with zero attached hydrogens (tertiary/aromatic N) is 2. The van der Waals surface area contributed by atoms with Gasteiger partial charge in [-0.3, -0.25) is 10.1 Å². The molecule has 3 aliphatic rings. The smallest absolute Gasteiger partial charge is 0.289 e. The van der Waals surface area contributed by atoms with Gasteiger partial charge in [0.05, 0.1) is 4.92 Å². The molecule has 0 saturated carbocycles. The second kappa shape index (κ2) is 4.26. The highest BCUT2D eigenvalue weighted by molar-refractivity contribution is 7.89. The van der Waals surface area contributed by atoms with Crippen molar-refractivity contribution in [2.45, 2.75) is 23.4 Å². The van der Waals surface area contributed by atoms with Gasteiger partial charge in [-0.05, 0) is 12.5 Å². The molecule has 2 bridgehead atoms. The number of hydrogen-bond acceptors (Lipinski definition) is 5. The molecule has 0 aliphatic carbocycles. The molecule has 4 rings (SSSR count). The van der Waals surface area contributed by atoms with E-state index in [4.69, 9.17) is 0 Å². The minimum absolute atomic E-state index is 0.177. The number of para-hydroxylation sites is 1. The lowest BCUT2D eigenvalue weighted by molar-refractivity contribution is -0.387. The SMILES string of the molecule is O=[N+]([O-])c1ccccc1S(=O)(=O)N1C[C@H]2C[C@@H](C1)N2. The normalized spacial score (nSPS) is 26.7. The zero-order chi connectivity index (χ0) is 13.6. The maximum absolute atomic E-state index is 12.5. The lowest BCUT2D eigenvalue weighted by Crippen LogP contribution is -2.67. The Kier molecular flexibility index (Phi) is 2.80. The summed E-state index contributed by atoms with van der Waals surface area (Å²) in [6.45, 7) is 0.760. The lowest BCUT2D eigenvalue weighted by Gasteiger charge is -2.47. The number of benzene rings is 1. The number of piperazine rings is 1. The van der Waals surface area contributed by atoms with Crippen molar-refractivity contribution >= 4 is 15.7 Å². The van der Waals surface area contributed by atoms with Crippen molar-refractivity contribution in [3.63, 3.8) is 0 Å². The fraction of sp³-hybridized carbons (Fsp3) is 0.455. The summed E-state index contributed by atoms with van der Waals surface area (Å²) in [5.74, 6) is 0. The van der Waals surface area contributed by atoms with Gasteiger partial charge in [-0.1, -0.05) is 12.1 Å². The van der Waals surface area contributed by atoms with Crippen molar-refractivity contribution in [2.75, 3.05) is 13.1 Å². The predicted molar refractivity (Wildman–Crippen MR) is 67.2 cm³/mol. The largest absolute Gasteiger partial charge is 0.308 e. The van der Waals surface area contributed by atoms with Gasteiger partial charge in [0.25, 0.3) is 5.69 Å². The number of nitro groups is 1. The number of nitro benzene ring substituents is 1. The van der Waals surface area contributed by atoms with Crippen molar-refractivity contribution in [1.29, 1.82) is 0 Å². The van der Waals surface area contributed by atoms with Crippen molar-refractivity contribution < 1.29 is 13.3 Å². The van der Waals surface area contributed by atoms with E-state index in [2.05, 4.69) is 5.32 Å². The molecule has 2 atom stereocenters. The van der Waals surface area contributed by atoms with E-state index in [1.165, 1.54) is 28.6 Å². The second-order valence-electron chi connectivity index (χ2n) is 4.84. The minimum atomic E-state index is -3.79. The number of sulfonamides is 1. The molecule has 1 aromatic rings. The quantitative estimate of drug-likeness (QED) is 0.637. The molecule has 3 fully saturated rings. The Morgan fingerprint density at radius 1 is 1.26 bits per heavy atom. The highest BCUT2D eigenvalue weighted by atomic mass is 32.2. The molecule has 7 nitrogen and oxygen atoms in total. The Bertz CT molecular complexity index is 615. The second-order valence-corrected chi connectivity index (χ2v) is 6.75. The van der Waals surface area contributed by atoms with E-state index in [9.17, 15) is 18.5 Å². The number of fused-ring (bicyclic) bond motifs is 2. The Morgan fingerprint density at radius 3 is 2.42 bits per heavy atom. The van der Waals surface area contributed by atoms with Gasteiger partial charge in [-0.25, -0.2) is 8.42 Å². The number of piperidine rings is 1. The molecule has 102 valence electrons. The van der Waals surface area contributed by atoms with Crippen molar-refractivity contribution in [3.8, 4) is 0 Å². The average Bonchev–Trinajstić information content (AvgIpc) is 2.38. The first kappa shape index (κ1) is 12.5. The van der Waals surface area contributed by atoms with Gasteiger partial charge in [-0.15, -0.1) is 0 Å². The van der Waals surface area contributed by atoms with Crippen molar-refractivity contribution in [1.82, 2.24) is 9.62 Å². The van der Waals surface area contributed by atoms with Gasteiger partial charge in [0.1, 0.15) is 0 Å². The molecule has 0 amide bonds. The predicted octanol–water partition coefficient (Wildman–Crippen LogP) is 0.330. The Labute approximate surface area is 110 Å². The fourth-order valence-electron chi connectivity index (χ4n) is 2.63. The van der Waals surface area contributed by atoms with Crippen LogP contribution in [0.15, 0.2) is 29.2 Å². The van der Waals surface area contributed by atoms with Gasteiger partial charge in [-0.2, -0.15) is 4.31 Å². The molecule has 0 unspecified atom stereocenters. The van der Waals surface area contributed by atoms with E-state index in [1.807, 2.05) is 0 Å². The number of nitrogens with one attached hydrogen (secondary N) is 1. The summed E-state index contributed by atoms with van der Waals surface area (Å²) in [5, 5.41) is 14.2. The van der Waals surface area contributed by atoms with Gasteiger partial charge in [0.2, 0.25) is 10.0 Å². The van der Waals surface area contributed by atoms with Crippen LogP contribution in [0, 0.1) is 10.1 Å². The summed E-state index contributed by atoms with van der Waals surface area (Å²) < 4.78 is 26.3. The van der Waals surface area contributed by atoms with E-state index in [1.54, 1.807) is 0 Å². The zero-order valence-corrected chi connectivity index (χ0v) is 10.8. The van der Waals surface area contributed by atoms with Crippen molar-refractivity contribution in [3.05, 3.63) is 34.4 Å². The van der Waals surface area contributed by atoms with Crippen LogP contribution in [0.1, 0.15) is 6.42 Å². The van der Waals surface area contributed by atoms with E-state index < -0.39 is 14.9 Å². The van der Waals surface area contributed by atoms with Crippen LogP contribution in [0.3, 0.4) is 0 Å². The van der Waals surface area contributed by atoms with E-state index in [0.717, 1.165) is 6.42 Å². The standard InChI is InChI=1S/C11H13N3O4S/c15-14(16)10-3-1-2-4-11(10)19(17,18)13-6-8-5-9(7-13)12-8/h1-4,8-9,12H,5-7H2/t8-,9+. The maximum atomic E-state index is 12.5. The Balaban J connectivity index is 1.98. The van der Waals surface area contributed by atoms with Crippen LogP contribution in [0.4, 0.5) is 5.69 Å². The summed E-state index contributed by atoms with van der Waals surface area (Å²) >= 11 is 0. The number of rotatable bonds is 3. The maximum Gasteiger partial charge on any atom is 0.289 e. The van der Waals surface area contributed by atoms with Gasteiger partial charge in [0.15, 0.2) is 4.90 Å². The first-order valence-electron chi connectivity index (χ1n) is 5.98. The average molecular weight is 283 g/mol. The first-order valence-corrected chi connectivity index (χ1v) is 7.42. The molecule has 8 heteroatoms. The van der Waals surface area contributed by atoms with Gasteiger partial charge >= 0.3 is 0 Å². The molecule has 0 aromatic heterocycles. The first-order chi connectivity index (χ1) is 8.98. The Hall–Kier alpha value is -1.51. The third-order valence-corrected chi connectivity index (χ3v) is 5.45. The lowest BCUT2D eigenvalue weighted by atomic mass is 9.93. The van der Waals surface area contributed by atoms with Gasteiger partial charge in [0, 0.05) is 31.2 Å². The van der Waals surface area contributed by atoms with Crippen LogP contribution >= 0.6 is 0 Å². The van der Waals surface area contributed by atoms with Crippen LogP contribution in [-0.4, -0.2) is 42.8 Å². The molecule has 0 spiro atoms. The van der Waals surface area contributed by atoms with E-state index in [-0.39, 0.29) is 22.7 Å². The third kappa shape index (κ3) is 2.01. The summed E-state index contributed by atoms with van der Waals surface area (Å²) in [4.78, 5) is 10.1. The summed E-state index contributed by atoms with van der Waals surface area (Å²) in [6, 6.07) is 5.83. The van der Waals surface area contributed by atoms with Crippen LogP contribution < -0.4 is 5.32 Å². The molecule has 0 radical (unpaired) electrons. The highest BCUT2D eigenvalue weighted by Gasteiger charge is 2.43. The van der Waals surface area contributed by atoms with Gasteiger partial charge < -0.3 is 5.32 Å². The van der Waals surface area contributed by atoms with Crippen LogP contribution in [0.2, 0.25) is 0 Å². The molecule has 3 aliphatic heterocycles. The number of hydrogen-bond donors (Lipinski definition) is 1. The molecule has 3 heterocycles. The molecule has 1 N–H and O–H groups in total. The third-order valence-electron chi connectivity index (χ3n) is 3.57. The minimum Gasteiger partial charge on any atom is -0.308 e. The van der Waals surface area contributed by atoms with Crippen LogP contribution in [0.25, 0.3) is 0 Å². The fourth-order valence-corrected chi connectivity index (χ4v) is 4.32. The topological polar surface area (TPSA) is 92.5 Å². The molecule has 19 heavy (non-hydrogen) atoms. The summed E-state index contributed by atoms with van der Waals surface area (Å²) in [7, 11) is -3.79.